The van der Waals surface area contributed by atoms with Crippen LogP contribution >= 0.6 is 0 Å². The van der Waals surface area contributed by atoms with Crippen molar-refractivity contribution in [3.05, 3.63) is 29.8 Å². The normalized spacial score (nSPS) is 27.1. The molecular weight excluding hydrogens is 249 g/mol. The number of hydrogen-bond acceptors (Lipinski definition) is 3. The maximum atomic E-state index is 9.14. The highest BCUT2D eigenvalue weighted by Gasteiger charge is 2.32. The molecule has 2 aliphatic rings. The minimum atomic E-state index is -1.36. The Kier molecular flexibility index (Phi) is 4.44. The van der Waals surface area contributed by atoms with E-state index in [1.165, 1.54) is 50.6 Å². The highest BCUT2D eigenvalue weighted by molar-refractivity contribution is 6.58. The average molecular weight is 273 g/mol. The van der Waals surface area contributed by atoms with E-state index in [1.807, 2.05) is 24.3 Å². The van der Waals surface area contributed by atoms with E-state index in [9.17, 15) is 0 Å². The van der Waals surface area contributed by atoms with E-state index >= 15 is 0 Å². The van der Waals surface area contributed by atoms with Crippen LogP contribution in [0.2, 0.25) is 0 Å². The van der Waals surface area contributed by atoms with Crippen molar-refractivity contribution in [2.75, 3.05) is 6.54 Å². The summed E-state index contributed by atoms with van der Waals surface area (Å²) in [6, 6.07) is 8.48. The van der Waals surface area contributed by atoms with Gasteiger partial charge >= 0.3 is 7.12 Å². The first-order valence-electron chi connectivity index (χ1n) is 7.93. The Morgan fingerprint density at radius 3 is 2.45 bits per heavy atom. The Balaban J connectivity index is 1.66. The number of fused-ring (bicyclic) bond motifs is 1. The van der Waals surface area contributed by atoms with Gasteiger partial charge in [0.2, 0.25) is 0 Å². The molecule has 3 nitrogen and oxygen atoms in total. The van der Waals surface area contributed by atoms with Crippen LogP contribution in [0.5, 0.6) is 0 Å². The predicted molar refractivity (Wildman–Crippen MR) is 81.7 cm³/mol. The predicted octanol–water partition coefficient (Wildman–Crippen LogP) is 1.52. The Bertz CT molecular complexity index is 433. The van der Waals surface area contributed by atoms with Gasteiger partial charge in [-0.05, 0) is 49.2 Å². The van der Waals surface area contributed by atoms with Crippen molar-refractivity contribution >= 4 is 12.6 Å². The zero-order valence-electron chi connectivity index (χ0n) is 12.0. The molecule has 1 aliphatic heterocycles. The Hall–Kier alpha value is -0.835. The number of likely N-dealkylation sites (tertiary alicyclic amines) is 1. The first-order chi connectivity index (χ1) is 9.74. The van der Waals surface area contributed by atoms with Gasteiger partial charge in [0.05, 0.1) is 0 Å². The number of benzene rings is 1. The molecule has 1 aromatic carbocycles. The minimum absolute atomic E-state index is 0.572. The van der Waals surface area contributed by atoms with Crippen LogP contribution in [0.15, 0.2) is 24.3 Å². The van der Waals surface area contributed by atoms with Gasteiger partial charge in [0.1, 0.15) is 0 Å². The molecule has 4 heteroatoms. The molecule has 0 amide bonds. The van der Waals surface area contributed by atoms with Crippen LogP contribution in [-0.4, -0.2) is 34.7 Å². The van der Waals surface area contributed by atoms with Gasteiger partial charge in [0.25, 0.3) is 0 Å². The van der Waals surface area contributed by atoms with E-state index < -0.39 is 7.12 Å². The Labute approximate surface area is 121 Å². The molecule has 0 aromatic heterocycles. The molecule has 20 heavy (non-hydrogen) atoms. The van der Waals surface area contributed by atoms with Crippen molar-refractivity contribution in [2.45, 2.75) is 51.1 Å². The zero-order chi connectivity index (χ0) is 13.9. The third-order valence-corrected chi connectivity index (χ3v) is 5.02. The molecule has 1 aliphatic carbocycles. The zero-order valence-corrected chi connectivity index (χ0v) is 12.0. The number of rotatable bonds is 3. The van der Waals surface area contributed by atoms with Crippen LogP contribution in [0.1, 0.15) is 44.1 Å². The first kappa shape index (κ1) is 14.1. The van der Waals surface area contributed by atoms with Gasteiger partial charge in [-0.1, -0.05) is 37.1 Å². The molecule has 1 saturated carbocycles. The molecule has 0 bridgehead atoms. The smallest absolute Gasteiger partial charge is 0.423 e. The van der Waals surface area contributed by atoms with Crippen LogP contribution in [0.4, 0.5) is 0 Å². The third kappa shape index (κ3) is 3.08. The lowest BCUT2D eigenvalue weighted by Gasteiger charge is -2.44. The Morgan fingerprint density at radius 2 is 1.70 bits per heavy atom. The molecule has 2 atom stereocenters. The molecular formula is C16H24BNO2. The molecule has 0 radical (unpaired) electrons. The summed E-state index contributed by atoms with van der Waals surface area (Å²) in [4.78, 5) is 2.65. The molecule has 1 aromatic rings. The van der Waals surface area contributed by atoms with Gasteiger partial charge in [0.15, 0.2) is 0 Å². The summed E-state index contributed by atoms with van der Waals surface area (Å²) in [6.07, 6.45) is 8.31. The fourth-order valence-corrected chi connectivity index (χ4v) is 3.95. The summed E-state index contributed by atoms with van der Waals surface area (Å²) < 4.78 is 0. The van der Waals surface area contributed by atoms with E-state index in [4.69, 9.17) is 10.0 Å². The summed E-state index contributed by atoms with van der Waals surface area (Å²) >= 11 is 0. The van der Waals surface area contributed by atoms with Crippen LogP contribution in [0.3, 0.4) is 0 Å². The van der Waals surface area contributed by atoms with Crippen molar-refractivity contribution < 1.29 is 10.0 Å². The fraction of sp³-hybridized carbons (Fsp3) is 0.625. The molecule has 1 saturated heterocycles. The summed E-state index contributed by atoms with van der Waals surface area (Å²) in [5.74, 6) is 0.913. The monoisotopic (exact) mass is 273 g/mol. The van der Waals surface area contributed by atoms with E-state index in [-0.39, 0.29) is 0 Å². The SMILES string of the molecule is OB(O)c1ccc(CN2CCC[C@H]3CCCC[C@H]32)cc1. The van der Waals surface area contributed by atoms with Gasteiger partial charge in [-0.3, -0.25) is 4.90 Å². The molecule has 2 fully saturated rings. The topological polar surface area (TPSA) is 43.7 Å². The van der Waals surface area contributed by atoms with Gasteiger partial charge < -0.3 is 10.0 Å². The maximum absolute atomic E-state index is 9.14. The second-order valence-corrected chi connectivity index (χ2v) is 6.34. The minimum Gasteiger partial charge on any atom is -0.423 e. The van der Waals surface area contributed by atoms with Crippen LogP contribution < -0.4 is 5.46 Å². The van der Waals surface area contributed by atoms with E-state index in [0.717, 1.165) is 18.5 Å². The number of piperidine rings is 1. The van der Waals surface area contributed by atoms with E-state index in [0.29, 0.717) is 5.46 Å². The van der Waals surface area contributed by atoms with Gasteiger partial charge in [-0.25, -0.2) is 0 Å². The van der Waals surface area contributed by atoms with E-state index in [1.54, 1.807) is 0 Å². The van der Waals surface area contributed by atoms with E-state index in [2.05, 4.69) is 4.90 Å². The first-order valence-corrected chi connectivity index (χ1v) is 7.93. The quantitative estimate of drug-likeness (QED) is 0.821. The van der Waals surface area contributed by atoms with Crippen LogP contribution in [0, 0.1) is 5.92 Å². The second kappa shape index (κ2) is 6.29. The number of hydrogen-bond donors (Lipinski definition) is 2. The molecule has 3 rings (SSSR count). The average Bonchev–Trinajstić information content (AvgIpc) is 2.48. The summed E-state index contributed by atoms with van der Waals surface area (Å²) in [5.41, 5.74) is 1.85. The lowest BCUT2D eigenvalue weighted by atomic mass is 9.78. The largest absolute Gasteiger partial charge is 0.488 e. The molecule has 2 N–H and O–H groups in total. The lowest BCUT2D eigenvalue weighted by molar-refractivity contribution is 0.0547. The highest BCUT2D eigenvalue weighted by atomic mass is 16.4. The summed E-state index contributed by atoms with van der Waals surface area (Å²) in [5, 5.41) is 18.3. The molecule has 0 unspecified atom stereocenters. The fourth-order valence-electron chi connectivity index (χ4n) is 3.95. The second-order valence-electron chi connectivity index (χ2n) is 6.34. The molecule has 108 valence electrons. The molecule has 0 spiro atoms. The van der Waals surface area contributed by atoms with Crippen molar-refractivity contribution in [3.8, 4) is 0 Å². The van der Waals surface area contributed by atoms with Crippen LogP contribution in [-0.2, 0) is 6.54 Å². The van der Waals surface area contributed by atoms with Crippen molar-refractivity contribution in [2.24, 2.45) is 5.92 Å². The Morgan fingerprint density at radius 1 is 1.00 bits per heavy atom. The summed E-state index contributed by atoms with van der Waals surface area (Å²) in [6.45, 7) is 2.22. The van der Waals surface area contributed by atoms with Crippen LogP contribution in [0.25, 0.3) is 0 Å². The van der Waals surface area contributed by atoms with Crippen molar-refractivity contribution in [3.63, 3.8) is 0 Å². The van der Waals surface area contributed by atoms with Crippen molar-refractivity contribution in [1.29, 1.82) is 0 Å². The lowest BCUT2D eigenvalue weighted by Crippen LogP contribution is -2.46. The highest BCUT2D eigenvalue weighted by Crippen LogP contribution is 2.35. The molecule has 1 heterocycles. The van der Waals surface area contributed by atoms with Gasteiger partial charge in [-0.2, -0.15) is 0 Å². The standard InChI is InChI=1S/C16H24BNO2/c19-17(20)15-9-7-13(8-10-15)12-18-11-3-5-14-4-1-2-6-16(14)18/h7-10,14,16,19-20H,1-6,11-12H2/t14-,16-/m1/s1. The third-order valence-electron chi connectivity index (χ3n) is 5.02. The van der Waals surface area contributed by atoms with Gasteiger partial charge in [0, 0.05) is 12.6 Å². The van der Waals surface area contributed by atoms with Gasteiger partial charge in [-0.15, -0.1) is 0 Å². The van der Waals surface area contributed by atoms with Crippen molar-refractivity contribution in [1.82, 2.24) is 4.90 Å². The maximum Gasteiger partial charge on any atom is 0.488 e. The number of nitrogens with zero attached hydrogens (tertiary/aromatic N) is 1. The summed E-state index contributed by atoms with van der Waals surface area (Å²) in [7, 11) is -1.36.